The summed E-state index contributed by atoms with van der Waals surface area (Å²) in [5.74, 6) is -1.41. The van der Waals surface area contributed by atoms with Crippen molar-refractivity contribution in [2.24, 2.45) is 16.8 Å². The number of carbonyl (C=O) groups is 3. The number of primary sulfonamides is 1. The van der Waals surface area contributed by atoms with Crippen molar-refractivity contribution in [2.45, 2.75) is 38.0 Å². The first-order chi connectivity index (χ1) is 18.4. The summed E-state index contributed by atoms with van der Waals surface area (Å²) < 4.78 is 36.7. The van der Waals surface area contributed by atoms with Crippen LogP contribution in [0.25, 0.3) is 0 Å². The van der Waals surface area contributed by atoms with E-state index in [1.807, 2.05) is 13.8 Å². The van der Waals surface area contributed by atoms with Crippen LogP contribution in [-0.2, 0) is 37.2 Å². The van der Waals surface area contributed by atoms with E-state index >= 15 is 0 Å². The van der Waals surface area contributed by atoms with Crippen molar-refractivity contribution < 1.29 is 27.2 Å². The van der Waals surface area contributed by atoms with Gasteiger partial charge in [-0.05, 0) is 61.1 Å². The zero-order valence-electron chi connectivity index (χ0n) is 22.4. The van der Waals surface area contributed by atoms with Gasteiger partial charge < -0.3 is 20.9 Å². The van der Waals surface area contributed by atoms with Crippen LogP contribution >= 0.6 is 0 Å². The maximum absolute atomic E-state index is 13.8. The van der Waals surface area contributed by atoms with Crippen LogP contribution < -0.4 is 16.2 Å². The van der Waals surface area contributed by atoms with Crippen LogP contribution in [0, 0.1) is 11.7 Å². The average Bonchev–Trinajstić information content (AvgIpc) is 2.87. The Hall–Kier alpha value is -3.35. The van der Waals surface area contributed by atoms with Crippen LogP contribution in [0.2, 0.25) is 0 Å². The largest absolute Gasteiger partial charge is 0.368 e. The highest BCUT2D eigenvalue weighted by Crippen LogP contribution is 2.11. The molecule has 0 aliphatic heterocycles. The molecular formula is C27H38FN5O5S. The standard InChI is InChI=1S/C27H38FN5O5S/c1-20(2)12-15-33(26(35)17-31-14-11-22-5-3-4-6-24(22)28)19-27(36)32(18-25(29)34)16-13-21-7-9-23(10-8-21)39(30,37)38/h3-10,20,31H,11-19H2,1-2H3,(H2,29,34)(H2,30,37,38). The molecule has 2 aromatic carbocycles. The second kappa shape index (κ2) is 15.3. The maximum Gasteiger partial charge on any atom is 0.242 e. The Bertz CT molecular complexity index is 1220. The van der Waals surface area contributed by atoms with Crippen molar-refractivity contribution in [2.75, 3.05) is 39.3 Å². The van der Waals surface area contributed by atoms with Gasteiger partial charge in [0.15, 0.2) is 0 Å². The minimum atomic E-state index is -3.82. The number of sulfonamides is 1. The molecular weight excluding hydrogens is 525 g/mol. The van der Waals surface area contributed by atoms with Gasteiger partial charge >= 0.3 is 0 Å². The molecule has 10 nitrogen and oxygen atoms in total. The highest BCUT2D eigenvalue weighted by Gasteiger charge is 2.22. The summed E-state index contributed by atoms with van der Waals surface area (Å²) in [4.78, 5) is 40.5. The molecule has 0 radical (unpaired) electrons. The average molecular weight is 564 g/mol. The van der Waals surface area contributed by atoms with Crippen LogP contribution in [0.15, 0.2) is 53.4 Å². The fourth-order valence-electron chi connectivity index (χ4n) is 3.79. The van der Waals surface area contributed by atoms with Gasteiger partial charge in [-0.3, -0.25) is 14.4 Å². The number of benzene rings is 2. The number of nitrogens with two attached hydrogens (primary N) is 2. The van der Waals surface area contributed by atoms with E-state index in [0.717, 1.165) is 5.56 Å². The van der Waals surface area contributed by atoms with Crippen LogP contribution in [0.5, 0.6) is 0 Å². The van der Waals surface area contributed by atoms with E-state index in [9.17, 15) is 27.2 Å². The number of nitrogens with one attached hydrogen (secondary N) is 1. The minimum Gasteiger partial charge on any atom is -0.368 e. The number of amides is 3. The molecule has 5 N–H and O–H groups in total. The first-order valence-electron chi connectivity index (χ1n) is 12.8. The molecule has 0 unspecified atom stereocenters. The molecule has 0 aromatic heterocycles. The van der Waals surface area contributed by atoms with Gasteiger partial charge in [-0.1, -0.05) is 44.2 Å². The first-order valence-corrected chi connectivity index (χ1v) is 14.3. The highest BCUT2D eigenvalue weighted by molar-refractivity contribution is 7.89. The van der Waals surface area contributed by atoms with Gasteiger partial charge in [-0.2, -0.15) is 0 Å². The molecule has 0 aliphatic carbocycles. The van der Waals surface area contributed by atoms with Crippen molar-refractivity contribution in [1.82, 2.24) is 15.1 Å². The first kappa shape index (κ1) is 31.9. The lowest BCUT2D eigenvalue weighted by atomic mass is 10.1. The third-order valence-electron chi connectivity index (χ3n) is 6.08. The molecule has 0 saturated heterocycles. The summed E-state index contributed by atoms with van der Waals surface area (Å²) in [5.41, 5.74) is 6.65. The van der Waals surface area contributed by atoms with Crippen LogP contribution in [0.1, 0.15) is 31.4 Å². The molecule has 0 saturated carbocycles. The number of nitrogens with zero attached hydrogens (tertiary/aromatic N) is 2. The molecule has 0 aliphatic rings. The van der Waals surface area contributed by atoms with Crippen LogP contribution in [0.4, 0.5) is 4.39 Å². The maximum atomic E-state index is 13.8. The van der Waals surface area contributed by atoms with Crippen molar-refractivity contribution in [3.05, 3.63) is 65.5 Å². The third-order valence-corrected chi connectivity index (χ3v) is 7.01. The Labute approximate surface area is 229 Å². The van der Waals surface area contributed by atoms with Crippen molar-refractivity contribution in [3.8, 4) is 0 Å². The van der Waals surface area contributed by atoms with Gasteiger partial charge in [0, 0.05) is 13.1 Å². The van der Waals surface area contributed by atoms with Crippen molar-refractivity contribution >= 4 is 27.7 Å². The fraction of sp³-hybridized carbons (Fsp3) is 0.444. The number of rotatable bonds is 16. The van der Waals surface area contributed by atoms with Crippen molar-refractivity contribution in [1.29, 1.82) is 0 Å². The predicted octanol–water partition coefficient (Wildman–Crippen LogP) is 1.04. The molecule has 2 rings (SSSR count). The van der Waals surface area contributed by atoms with E-state index in [-0.39, 0.29) is 42.8 Å². The monoisotopic (exact) mass is 563 g/mol. The zero-order valence-corrected chi connectivity index (χ0v) is 23.3. The van der Waals surface area contributed by atoms with Crippen LogP contribution in [0.3, 0.4) is 0 Å². The number of hydrogen-bond donors (Lipinski definition) is 3. The second-order valence-electron chi connectivity index (χ2n) is 9.74. The number of hydrogen-bond acceptors (Lipinski definition) is 6. The summed E-state index contributed by atoms with van der Waals surface area (Å²) in [6, 6.07) is 12.3. The molecule has 0 heterocycles. The number of halogens is 1. The summed E-state index contributed by atoms with van der Waals surface area (Å²) in [6.07, 6.45) is 1.43. The van der Waals surface area contributed by atoms with E-state index < -0.39 is 21.8 Å². The molecule has 214 valence electrons. The topological polar surface area (TPSA) is 156 Å². The smallest absolute Gasteiger partial charge is 0.242 e. The Morgan fingerprint density at radius 3 is 2.15 bits per heavy atom. The molecule has 0 bridgehead atoms. The molecule has 0 atom stereocenters. The lowest BCUT2D eigenvalue weighted by Crippen LogP contribution is -2.48. The van der Waals surface area contributed by atoms with Gasteiger partial charge in [0.1, 0.15) is 5.82 Å². The Morgan fingerprint density at radius 1 is 0.923 bits per heavy atom. The molecule has 0 fully saturated rings. The summed E-state index contributed by atoms with van der Waals surface area (Å²) in [5, 5.41) is 8.14. The van der Waals surface area contributed by atoms with E-state index in [2.05, 4.69) is 5.32 Å². The van der Waals surface area contributed by atoms with Gasteiger partial charge in [0.2, 0.25) is 27.7 Å². The Kier molecular flexibility index (Phi) is 12.5. The van der Waals surface area contributed by atoms with Crippen molar-refractivity contribution in [3.63, 3.8) is 0 Å². The molecule has 2 aromatic rings. The molecule has 0 spiro atoms. The normalized spacial score (nSPS) is 11.4. The SMILES string of the molecule is CC(C)CCN(CC(=O)N(CCc1ccc(S(N)(=O)=O)cc1)CC(N)=O)C(=O)CNCCc1ccccc1F. The number of primary amides is 1. The predicted molar refractivity (Wildman–Crippen MR) is 146 cm³/mol. The highest BCUT2D eigenvalue weighted by atomic mass is 32.2. The van der Waals surface area contributed by atoms with E-state index in [0.29, 0.717) is 43.8 Å². The summed E-state index contributed by atoms with van der Waals surface area (Å²) in [7, 11) is -3.82. The van der Waals surface area contributed by atoms with E-state index in [1.165, 1.54) is 28.0 Å². The Balaban J connectivity index is 2.00. The Morgan fingerprint density at radius 2 is 1.56 bits per heavy atom. The van der Waals surface area contributed by atoms with E-state index in [1.54, 1.807) is 30.3 Å². The number of carbonyl (C=O) groups excluding carboxylic acids is 3. The summed E-state index contributed by atoms with van der Waals surface area (Å²) in [6.45, 7) is 4.35. The van der Waals surface area contributed by atoms with Gasteiger partial charge in [0.25, 0.3) is 0 Å². The van der Waals surface area contributed by atoms with Crippen LogP contribution in [-0.4, -0.2) is 75.2 Å². The second-order valence-corrected chi connectivity index (χ2v) is 11.3. The van der Waals surface area contributed by atoms with Gasteiger partial charge in [-0.15, -0.1) is 0 Å². The molecule has 39 heavy (non-hydrogen) atoms. The minimum absolute atomic E-state index is 0.0218. The molecule has 12 heteroatoms. The third kappa shape index (κ3) is 11.5. The van der Waals surface area contributed by atoms with Gasteiger partial charge in [-0.25, -0.2) is 17.9 Å². The van der Waals surface area contributed by atoms with Gasteiger partial charge in [0.05, 0.1) is 24.5 Å². The summed E-state index contributed by atoms with van der Waals surface area (Å²) >= 11 is 0. The lowest BCUT2D eigenvalue weighted by molar-refractivity contribution is -0.141. The van der Waals surface area contributed by atoms with E-state index in [4.69, 9.17) is 10.9 Å². The lowest BCUT2D eigenvalue weighted by Gasteiger charge is -2.28. The molecule has 3 amide bonds. The zero-order chi connectivity index (χ0) is 29.0. The fourth-order valence-corrected chi connectivity index (χ4v) is 4.31. The quantitative estimate of drug-likeness (QED) is 0.259.